The van der Waals surface area contributed by atoms with Crippen LogP contribution in [0.2, 0.25) is 0 Å². The van der Waals surface area contributed by atoms with Gasteiger partial charge in [-0.15, -0.1) is 0 Å². The van der Waals surface area contributed by atoms with E-state index >= 15 is 0 Å². The summed E-state index contributed by atoms with van der Waals surface area (Å²) in [6.07, 6.45) is 0.660. The highest BCUT2D eigenvalue weighted by Crippen LogP contribution is 2.47. The monoisotopic (exact) mass is 206 g/mol. The molecule has 1 aliphatic heterocycles. The fourth-order valence-electron chi connectivity index (χ4n) is 2.16. The lowest BCUT2D eigenvalue weighted by atomic mass is 9.69. The highest BCUT2D eigenvalue weighted by atomic mass is 16.5. The zero-order valence-electron chi connectivity index (χ0n) is 9.58. The maximum atomic E-state index is 10.8. The average Bonchev–Trinajstić information content (AvgIpc) is 2.17. The molecule has 1 unspecified atom stereocenters. The lowest BCUT2D eigenvalue weighted by Crippen LogP contribution is -2.43. The van der Waals surface area contributed by atoms with Crippen LogP contribution in [0, 0.1) is 5.41 Å². The first-order valence-electron chi connectivity index (χ1n) is 5.40. The Morgan fingerprint density at radius 2 is 1.93 bits per heavy atom. The van der Waals surface area contributed by atoms with Gasteiger partial charge in [-0.25, -0.2) is 0 Å². The van der Waals surface area contributed by atoms with Gasteiger partial charge in [-0.3, -0.25) is 0 Å². The third-order valence-corrected chi connectivity index (χ3v) is 3.29. The van der Waals surface area contributed by atoms with Crippen molar-refractivity contribution in [3.63, 3.8) is 0 Å². The second-order valence-electron chi connectivity index (χ2n) is 5.20. The molecule has 0 fully saturated rings. The van der Waals surface area contributed by atoms with E-state index in [2.05, 4.69) is 20.8 Å². The van der Waals surface area contributed by atoms with Gasteiger partial charge in [0.2, 0.25) is 0 Å². The SMILES string of the molecule is CC(C)(C)C1(O)CCOc2ccccc21. The molecule has 2 heteroatoms. The van der Waals surface area contributed by atoms with E-state index in [0.717, 1.165) is 11.3 Å². The molecular formula is C13H18O2. The van der Waals surface area contributed by atoms with E-state index in [1.54, 1.807) is 0 Å². The maximum absolute atomic E-state index is 10.8. The molecule has 1 aliphatic rings. The summed E-state index contributed by atoms with van der Waals surface area (Å²) >= 11 is 0. The van der Waals surface area contributed by atoms with Gasteiger partial charge in [0.15, 0.2) is 0 Å². The molecule has 1 N–H and O–H groups in total. The number of hydrogen-bond donors (Lipinski definition) is 1. The largest absolute Gasteiger partial charge is 0.493 e. The third kappa shape index (κ3) is 1.53. The topological polar surface area (TPSA) is 29.5 Å². The molecule has 0 amide bonds. The minimum Gasteiger partial charge on any atom is -0.493 e. The predicted molar refractivity (Wildman–Crippen MR) is 59.9 cm³/mol. The van der Waals surface area contributed by atoms with Gasteiger partial charge < -0.3 is 9.84 Å². The minimum atomic E-state index is -0.776. The number of ether oxygens (including phenoxy) is 1. The van der Waals surface area contributed by atoms with Gasteiger partial charge in [0.1, 0.15) is 11.4 Å². The van der Waals surface area contributed by atoms with Crippen LogP contribution < -0.4 is 4.74 Å². The number of rotatable bonds is 0. The van der Waals surface area contributed by atoms with Crippen molar-refractivity contribution in [3.8, 4) is 5.75 Å². The van der Waals surface area contributed by atoms with E-state index in [9.17, 15) is 5.11 Å². The van der Waals surface area contributed by atoms with Crippen LogP contribution in [0.1, 0.15) is 32.8 Å². The predicted octanol–water partition coefficient (Wildman–Crippen LogP) is 2.70. The summed E-state index contributed by atoms with van der Waals surface area (Å²) in [5, 5.41) is 10.8. The first-order chi connectivity index (χ1) is 6.95. The van der Waals surface area contributed by atoms with E-state index in [4.69, 9.17) is 4.74 Å². The Kier molecular flexibility index (Phi) is 2.27. The zero-order valence-corrected chi connectivity index (χ0v) is 9.58. The van der Waals surface area contributed by atoms with Crippen LogP contribution in [0.4, 0.5) is 0 Å². The van der Waals surface area contributed by atoms with Gasteiger partial charge in [-0.05, 0) is 11.5 Å². The summed E-state index contributed by atoms with van der Waals surface area (Å²) in [7, 11) is 0. The molecule has 0 radical (unpaired) electrons. The zero-order chi connectivity index (χ0) is 11.1. The van der Waals surface area contributed by atoms with Crippen molar-refractivity contribution < 1.29 is 9.84 Å². The summed E-state index contributed by atoms with van der Waals surface area (Å²) in [6, 6.07) is 7.77. The van der Waals surface area contributed by atoms with Crippen LogP contribution in [0.3, 0.4) is 0 Å². The molecule has 0 bridgehead atoms. The van der Waals surface area contributed by atoms with E-state index in [1.807, 2.05) is 24.3 Å². The lowest BCUT2D eigenvalue weighted by molar-refractivity contribution is -0.0901. The molecule has 1 aromatic carbocycles. The van der Waals surface area contributed by atoms with Crippen LogP contribution in [0.25, 0.3) is 0 Å². The fraction of sp³-hybridized carbons (Fsp3) is 0.538. The van der Waals surface area contributed by atoms with Crippen molar-refractivity contribution in [2.24, 2.45) is 5.41 Å². The highest BCUT2D eigenvalue weighted by Gasteiger charge is 2.45. The van der Waals surface area contributed by atoms with Gasteiger partial charge in [0.05, 0.1) is 6.61 Å². The van der Waals surface area contributed by atoms with Crippen molar-refractivity contribution in [1.82, 2.24) is 0 Å². The van der Waals surface area contributed by atoms with Crippen molar-refractivity contribution >= 4 is 0 Å². The Morgan fingerprint density at radius 3 is 2.60 bits per heavy atom. The Bertz CT molecular complexity index is 365. The van der Waals surface area contributed by atoms with Crippen molar-refractivity contribution in [2.45, 2.75) is 32.8 Å². The Balaban J connectivity index is 2.55. The van der Waals surface area contributed by atoms with E-state index in [0.29, 0.717) is 13.0 Å². The van der Waals surface area contributed by atoms with Gasteiger partial charge in [-0.1, -0.05) is 39.0 Å². The first-order valence-corrected chi connectivity index (χ1v) is 5.40. The molecule has 1 aromatic rings. The number of fused-ring (bicyclic) bond motifs is 1. The molecule has 15 heavy (non-hydrogen) atoms. The van der Waals surface area contributed by atoms with Crippen LogP contribution in [0.5, 0.6) is 5.75 Å². The van der Waals surface area contributed by atoms with Crippen LogP contribution >= 0.6 is 0 Å². The van der Waals surface area contributed by atoms with Gasteiger partial charge in [-0.2, -0.15) is 0 Å². The molecule has 0 aromatic heterocycles. The second kappa shape index (κ2) is 3.24. The molecule has 1 heterocycles. The van der Waals surface area contributed by atoms with Crippen molar-refractivity contribution in [2.75, 3.05) is 6.61 Å². The molecule has 2 rings (SSSR count). The molecule has 82 valence electrons. The number of hydrogen-bond acceptors (Lipinski definition) is 2. The lowest BCUT2D eigenvalue weighted by Gasteiger charge is -2.44. The van der Waals surface area contributed by atoms with E-state index < -0.39 is 5.60 Å². The molecular weight excluding hydrogens is 188 g/mol. The molecule has 0 spiro atoms. The van der Waals surface area contributed by atoms with Gasteiger partial charge in [0, 0.05) is 12.0 Å². The normalized spacial score (nSPS) is 25.6. The molecule has 2 nitrogen and oxygen atoms in total. The van der Waals surface area contributed by atoms with Gasteiger partial charge >= 0.3 is 0 Å². The summed E-state index contributed by atoms with van der Waals surface area (Å²) in [6.45, 7) is 6.78. The van der Waals surface area contributed by atoms with Crippen LogP contribution in [-0.4, -0.2) is 11.7 Å². The quantitative estimate of drug-likeness (QED) is 0.707. The van der Waals surface area contributed by atoms with E-state index in [-0.39, 0.29) is 5.41 Å². The van der Waals surface area contributed by atoms with Crippen LogP contribution in [0.15, 0.2) is 24.3 Å². The Labute approximate surface area is 90.9 Å². The van der Waals surface area contributed by atoms with Gasteiger partial charge in [0.25, 0.3) is 0 Å². The van der Waals surface area contributed by atoms with E-state index in [1.165, 1.54) is 0 Å². The smallest absolute Gasteiger partial charge is 0.125 e. The third-order valence-electron chi connectivity index (χ3n) is 3.29. The highest BCUT2D eigenvalue weighted by molar-refractivity contribution is 5.40. The molecule has 1 atom stereocenters. The van der Waals surface area contributed by atoms with Crippen molar-refractivity contribution in [3.05, 3.63) is 29.8 Å². The Hall–Kier alpha value is -1.02. The Morgan fingerprint density at radius 1 is 1.27 bits per heavy atom. The first kappa shape index (κ1) is 10.5. The molecule has 0 saturated heterocycles. The summed E-state index contributed by atoms with van der Waals surface area (Å²) in [5.74, 6) is 0.821. The molecule has 0 aliphatic carbocycles. The van der Waals surface area contributed by atoms with Crippen molar-refractivity contribution in [1.29, 1.82) is 0 Å². The summed E-state index contributed by atoms with van der Waals surface area (Å²) in [4.78, 5) is 0. The van der Waals surface area contributed by atoms with Crippen LogP contribution in [-0.2, 0) is 5.60 Å². The second-order valence-corrected chi connectivity index (χ2v) is 5.20. The average molecular weight is 206 g/mol. The number of aliphatic hydroxyl groups is 1. The summed E-state index contributed by atoms with van der Waals surface area (Å²) in [5.41, 5.74) is -0.0295. The standard InChI is InChI=1S/C13H18O2/c1-12(2,3)13(14)8-9-15-11-7-5-4-6-10(11)13/h4-7,14H,8-9H2,1-3H3. The maximum Gasteiger partial charge on any atom is 0.125 e. The fourth-order valence-corrected chi connectivity index (χ4v) is 2.16. The summed E-state index contributed by atoms with van der Waals surface area (Å²) < 4.78 is 5.55. The number of para-hydroxylation sites is 1. The molecule has 0 saturated carbocycles. The minimum absolute atomic E-state index is 0.174. The number of benzene rings is 1.